The Morgan fingerprint density at radius 2 is 1.68 bits per heavy atom. The lowest BCUT2D eigenvalue weighted by molar-refractivity contribution is -0.142. The molecule has 6 nitrogen and oxygen atoms in total. The van der Waals surface area contributed by atoms with Gasteiger partial charge >= 0.3 is 0 Å². The van der Waals surface area contributed by atoms with E-state index in [0.717, 1.165) is 62.9 Å². The molecule has 2 atom stereocenters. The Kier molecular flexibility index (Phi) is 6.83. The van der Waals surface area contributed by atoms with Crippen molar-refractivity contribution in [3.63, 3.8) is 0 Å². The summed E-state index contributed by atoms with van der Waals surface area (Å²) < 4.78 is 10.9. The first kappa shape index (κ1) is 20.9. The minimum atomic E-state index is 0. The van der Waals surface area contributed by atoms with Gasteiger partial charge in [0, 0.05) is 17.4 Å². The molecule has 0 aromatic heterocycles. The van der Waals surface area contributed by atoms with E-state index in [0.29, 0.717) is 11.5 Å². The van der Waals surface area contributed by atoms with E-state index in [1.165, 1.54) is 0 Å². The quantitative estimate of drug-likeness (QED) is 0.832. The molecule has 4 rings (SSSR count). The number of carbonyl (C=O) groups is 1. The van der Waals surface area contributed by atoms with Crippen molar-refractivity contribution in [2.75, 3.05) is 27.3 Å². The number of fused-ring (bicyclic) bond motifs is 1. The molecular weight excluding hydrogens is 378 g/mol. The van der Waals surface area contributed by atoms with Crippen molar-refractivity contribution in [2.45, 2.75) is 44.6 Å². The molecular formula is C21H30ClN3O3. The molecule has 1 amide bonds. The zero-order valence-corrected chi connectivity index (χ0v) is 17.5. The molecule has 1 aromatic rings. The highest BCUT2D eigenvalue weighted by molar-refractivity contribution is 6.07. The molecule has 1 N–H and O–H groups in total. The summed E-state index contributed by atoms with van der Waals surface area (Å²) in [7, 11) is 3.29. The zero-order chi connectivity index (χ0) is 18.8. The number of rotatable bonds is 4. The van der Waals surface area contributed by atoms with Crippen molar-refractivity contribution in [1.82, 2.24) is 10.3 Å². The van der Waals surface area contributed by atoms with Crippen molar-refractivity contribution in [3.8, 4) is 11.5 Å². The molecule has 1 aliphatic carbocycles. The van der Waals surface area contributed by atoms with Crippen LogP contribution >= 0.6 is 12.4 Å². The monoisotopic (exact) mass is 407 g/mol. The maximum atomic E-state index is 13.2. The van der Waals surface area contributed by atoms with Crippen LogP contribution < -0.4 is 14.8 Å². The Balaban J connectivity index is 0.00000225. The van der Waals surface area contributed by atoms with Crippen molar-refractivity contribution >= 4 is 24.0 Å². The van der Waals surface area contributed by atoms with Gasteiger partial charge in [0.1, 0.15) is 0 Å². The fourth-order valence-corrected chi connectivity index (χ4v) is 4.74. The largest absolute Gasteiger partial charge is 0.493 e. The lowest BCUT2D eigenvalue weighted by Gasteiger charge is -2.42. The number of hydrazone groups is 1. The first-order valence-electron chi connectivity index (χ1n) is 10.1. The predicted molar refractivity (Wildman–Crippen MR) is 112 cm³/mol. The predicted octanol–water partition coefficient (Wildman–Crippen LogP) is 3.23. The standard InChI is InChI=1S/C21H29N3O3.ClH/c1-26-18-8-7-14(13-19(18)27-2)20-16-5-3-4-6-17(16)21(25)24(23-20)15-9-11-22-12-10-15;/h7-8,13,15-17,22H,3-6,9-12H2,1-2H3;1H/t16-,17+;/m1./s1. The molecule has 2 aliphatic heterocycles. The van der Waals surface area contributed by atoms with Gasteiger partial charge in [-0.2, -0.15) is 5.10 Å². The van der Waals surface area contributed by atoms with Crippen molar-refractivity contribution in [1.29, 1.82) is 0 Å². The van der Waals surface area contributed by atoms with Gasteiger partial charge in [-0.15, -0.1) is 12.4 Å². The number of nitrogens with one attached hydrogen (secondary N) is 1. The first-order valence-corrected chi connectivity index (χ1v) is 10.1. The highest BCUT2D eigenvalue weighted by atomic mass is 35.5. The Labute approximate surface area is 173 Å². The third-order valence-electron chi connectivity index (χ3n) is 6.21. The maximum absolute atomic E-state index is 13.2. The van der Waals surface area contributed by atoms with Crippen molar-refractivity contribution < 1.29 is 14.3 Å². The number of amides is 1. The van der Waals surface area contributed by atoms with Crippen LogP contribution in [-0.2, 0) is 4.79 Å². The molecule has 0 spiro atoms. The molecule has 0 bridgehead atoms. The summed E-state index contributed by atoms with van der Waals surface area (Å²) in [5.74, 6) is 1.92. The molecule has 2 heterocycles. The van der Waals surface area contributed by atoms with Gasteiger partial charge in [-0.05, 0) is 57.0 Å². The van der Waals surface area contributed by atoms with E-state index in [1.807, 2.05) is 23.2 Å². The summed E-state index contributed by atoms with van der Waals surface area (Å²) in [4.78, 5) is 13.2. The number of nitrogens with zero attached hydrogens (tertiary/aromatic N) is 2. The van der Waals surface area contributed by atoms with Crippen LogP contribution in [0.25, 0.3) is 0 Å². The fourth-order valence-electron chi connectivity index (χ4n) is 4.74. The van der Waals surface area contributed by atoms with Crippen molar-refractivity contribution in [2.24, 2.45) is 16.9 Å². The molecule has 1 saturated heterocycles. The summed E-state index contributed by atoms with van der Waals surface area (Å²) >= 11 is 0. The van der Waals surface area contributed by atoms with Crippen LogP contribution in [0.15, 0.2) is 23.3 Å². The summed E-state index contributed by atoms with van der Waals surface area (Å²) in [6.07, 6.45) is 6.22. The van der Waals surface area contributed by atoms with Gasteiger partial charge in [0.25, 0.3) is 0 Å². The van der Waals surface area contributed by atoms with Crippen LogP contribution in [0, 0.1) is 11.8 Å². The number of hydrogen-bond acceptors (Lipinski definition) is 5. The van der Waals surface area contributed by atoms with Gasteiger partial charge in [-0.3, -0.25) is 4.79 Å². The fraction of sp³-hybridized carbons (Fsp3) is 0.619. The Hall–Kier alpha value is -1.79. The van der Waals surface area contributed by atoms with Crippen molar-refractivity contribution in [3.05, 3.63) is 23.8 Å². The second-order valence-corrected chi connectivity index (χ2v) is 7.72. The Morgan fingerprint density at radius 3 is 2.36 bits per heavy atom. The molecule has 2 fully saturated rings. The molecule has 3 aliphatic rings. The topological polar surface area (TPSA) is 63.2 Å². The minimum Gasteiger partial charge on any atom is -0.493 e. The van der Waals surface area contributed by atoms with Gasteiger partial charge in [0.15, 0.2) is 11.5 Å². The highest BCUT2D eigenvalue weighted by Crippen LogP contribution is 2.40. The van der Waals surface area contributed by atoms with Gasteiger partial charge < -0.3 is 14.8 Å². The van der Waals surface area contributed by atoms with Gasteiger partial charge in [-0.25, -0.2) is 5.01 Å². The van der Waals surface area contributed by atoms with Gasteiger partial charge in [0.05, 0.1) is 26.0 Å². The highest BCUT2D eigenvalue weighted by Gasteiger charge is 2.43. The van der Waals surface area contributed by atoms with Crippen LogP contribution in [0.1, 0.15) is 44.1 Å². The average molecular weight is 408 g/mol. The number of halogens is 1. The lowest BCUT2D eigenvalue weighted by atomic mass is 9.73. The molecule has 0 unspecified atom stereocenters. The Morgan fingerprint density at radius 1 is 1.00 bits per heavy atom. The summed E-state index contributed by atoms with van der Waals surface area (Å²) in [6.45, 7) is 1.90. The molecule has 1 saturated carbocycles. The number of benzene rings is 1. The van der Waals surface area contributed by atoms with Crippen LogP contribution in [0.5, 0.6) is 11.5 Å². The lowest BCUT2D eigenvalue weighted by Crippen LogP contribution is -2.52. The second-order valence-electron chi connectivity index (χ2n) is 7.72. The van der Waals surface area contributed by atoms with E-state index in [9.17, 15) is 4.79 Å². The van der Waals surface area contributed by atoms with Crippen LogP contribution in [0.2, 0.25) is 0 Å². The molecule has 0 radical (unpaired) electrons. The first-order chi connectivity index (χ1) is 13.2. The third-order valence-corrected chi connectivity index (χ3v) is 6.21. The number of piperidine rings is 1. The van der Waals surface area contributed by atoms with E-state index in [4.69, 9.17) is 14.6 Å². The van der Waals surface area contributed by atoms with E-state index in [2.05, 4.69) is 5.32 Å². The summed E-state index contributed by atoms with van der Waals surface area (Å²) in [6, 6.07) is 6.18. The zero-order valence-electron chi connectivity index (χ0n) is 16.6. The number of hydrogen-bond donors (Lipinski definition) is 1. The maximum Gasteiger partial charge on any atom is 0.246 e. The van der Waals surface area contributed by atoms with E-state index >= 15 is 0 Å². The minimum absolute atomic E-state index is 0. The Bertz CT molecular complexity index is 734. The van der Waals surface area contributed by atoms with Crippen LogP contribution in [0.3, 0.4) is 0 Å². The molecule has 7 heteroatoms. The number of carbonyl (C=O) groups excluding carboxylic acids is 1. The average Bonchev–Trinajstić information content (AvgIpc) is 2.74. The summed E-state index contributed by atoms with van der Waals surface area (Å²) in [5, 5.41) is 10.1. The second kappa shape index (κ2) is 9.14. The van der Waals surface area contributed by atoms with E-state index in [1.54, 1.807) is 14.2 Å². The van der Waals surface area contributed by atoms with Gasteiger partial charge in [0.2, 0.25) is 5.91 Å². The molecule has 1 aromatic carbocycles. The van der Waals surface area contributed by atoms with Crippen LogP contribution in [0.4, 0.5) is 0 Å². The number of ether oxygens (including phenoxy) is 2. The number of methoxy groups -OCH3 is 2. The van der Waals surface area contributed by atoms with E-state index in [-0.39, 0.29) is 36.2 Å². The van der Waals surface area contributed by atoms with Crippen LogP contribution in [-0.4, -0.2) is 50.0 Å². The third kappa shape index (κ3) is 3.85. The SMILES string of the molecule is COc1ccc(C2=NN(C3CCNCC3)C(=O)[C@H]3CCCC[C@@H]23)cc1OC.Cl. The summed E-state index contributed by atoms with van der Waals surface area (Å²) in [5.41, 5.74) is 2.08. The van der Waals surface area contributed by atoms with Gasteiger partial charge in [-0.1, -0.05) is 12.8 Å². The van der Waals surface area contributed by atoms with E-state index < -0.39 is 0 Å². The normalized spacial score (nSPS) is 25.4. The molecule has 154 valence electrons. The smallest absolute Gasteiger partial charge is 0.246 e. The molecule has 28 heavy (non-hydrogen) atoms.